The Balaban J connectivity index is 2.23. The van der Waals surface area contributed by atoms with Crippen LogP contribution in [0.25, 0.3) is 0 Å². The molecule has 0 bridgehead atoms. The Kier molecular flexibility index (Phi) is 5.44. The van der Waals surface area contributed by atoms with Crippen molar-refractivity contribution in [3.05, 3.63) is 0 Å². The Labute approximate surface area is 103 Å². The van der Waals surface area contributed by atoms with Gasteiger partial charge >= 0.3 is 0 Å². The minimum Gasteiger partial charge on any atom is -0.385 e. The van der Waals surface area contributed by atoms with Crippen molar-refractivity contribution >= 4 is 17.3 Å². The predicted molar refractivity (Wildman–Crippen MR) is 68.7 cm³/mol. The molecule has 1 heterocycles. The molecule has 1 fully saturated rings. The van der Waals surface area contributed by atoms with Gasteiger partial charge in [-0.15, -0.1) is 0 Å². The predicted octanol–water partition coefficient (Wildman–Crippen LogP) is 1.05. The summed E-state index contributed by atoms with van der Waals surface area (Å²) < 4.78 is 10.5. The molecule has 0 aromatic heterocycles. The minimum absolute atomic E-state index is 0.0364. The first-order valence-corrected chi connectivity index (χ1v) is 6.16. The smallest absolute Gasteiger partial charge is 0.166 e. The average molecular weight is 246 g/mol. The quantitative estimate of drug-likeness (QED) is 0.561. The number of thiocarbonyl (C=S) groups is 1. The van der Waals surface area contributed by atoms with Crippen LogP contribution in [0.2, 0.25) is 0 Å². The topological polar surface area (TPSA) is 42.5 Å². The summed E-state index contributed by atoms with van der Waals surface area (Å²) in [6.07, 6.45) is 2.15. The standard InChI is InChI=1S/C11H22N2O2S/c1-9-11(2,5-8-15-9)13-10(16)12-6-4-7-14-3/h9H,4-8H2,1-3H3,(H2,12,13,16). The lowest BCUT2D eigenvalue weighted by molar-refractivity contribution is 0.0947. The second kappa shape index (κ2) is 6.37. The summed E-state index contributed by atoms with van der Waals surface area (Å²) in [5.74, 6) is 0. The van der Waals surface area contributed by atoms with Crippen molar-refractivity contribution in [3.8, 4) is 0 Å². The van der Waals surface area contributed by atoms with Crippen LogP contribution in [0, 0.1) is 0 Å². The van der Waals surface area contributed by atoms with E-state index in [9.17, 15) is 0 Å². The zero-order chi connectivity index (χ0) is 12.0. The van der Waals surface area contributed by atoms with Crippen molar-refractivity contribution in [1.29, 1.82) is 0 Å². The highest BCUT2D eigenvalue weighted by molar-refractivity contribution is 7.80. The normalized spacial score (nSPS) is 29.1. The van der Waals surface area contributed by atoms with Gasteiger partial charge in [-0.25, -0.2) is 0 Å². The van der Waals surface area contributed by atoms with Crippen molar-refractivity contribution in [3.63, 3.8) is 0 Å². The summed E-state index contributed by atoms with van der Waals surface area (Å²) in [5, 5.41) is 7.22. The van der Waals surface area contributed by atoms with Gasteiger partial charge in [-0.1, -0.05) is 0 Å². The number of nitrogens with one attached hydrogen (secondary N) is 2. The van der Waals surface area contributed by atoms with E-state index in [-0.39, 0.29) is 11.6 Å². The molecule has 1 aliphatic rings. The Hall–Kier alpha value is -0.390. The molecular weight excluding hydrogens is 224 g/mol. The van der Waals surface area contributed by atoms with Crippen LogP contribution in [0.15, 0.2) is 0 Å². The summed E-state index contributed by atoms with van der Waals surface area (Å²) in [5.41, 5.74) is -0.0364. The molecule has 0 amide bonds. The minimum atomic E-state index is -0.0364. The number of hydrogen-bond donors (Lipinski definition) is 2. The maximum atomic E-state index is 5.54. The third kappa shape index (κ3) is 3.88. The van der Waals surface area contributed by atoms with Gasteiger partial charge in [0.15, 0.2) is 5.11 Å². The Bertz CT molecular complexity index is 238. The van der Waals surface area contributed by atoms with Crippen molar-refractivity contribution in [1.82, 2.24) is 10.6 Å². The van der Waals surface area contributed by atoms with Gasteiger partial charge in [-0.05, 0) is 38.9 Å². The maximum absolute atomic E-state index is 5.54. The van der Waals surface area contributed by atoms with E-state index < -0.39 is 0 Å². The van der Waals surface area contributed by atoms with Crippen LogP contribution in [-0.2, 0) is 9.47 Å². The van der Waals surface area contributed by atoms with Gasteiger partial charge in [0.2, 0.25) is 0 Å². The van der Waals surface area contributed by atoms with Gasteiger partial charge in [0, 0.05) is 26.9 Å². The molecule has 0 aliphatic carbocycles. The monoisotopic (exact) mass is 246 g/mol. The van der Waals surface area contributed by atoms with E-state index in [1.54, 1.807) is 7.11 Å². The highest BCUT2D eigenvalue weighted by atomic mass is 32.1. The fourth-order valence-electron chi connectivity index (χ4n) is 1.72. The second-order valence-corrected chi connectivity index (χ2v) is 4.82. The molecule has 0 aromatic rings. The summed E-state index contributed by atoms with van der Waals surface area (Å²) in [4.78, 5) is 0. The maximum Gasteiger partial charge on any atom is 0.166 e. The summed E-state index contributed by atoms with van der Waals surface area (Å²) >= 11 is 5.25. The molecule has 16 heavy (non-hydrogen) atoms. The number of methoxy groups -OCH3 is 1. The fourth-order valence-corrected chi connectivity index (χ4v) is 2.06. The average Bonchev–Trinajstić information content (AvgIpc) is 2.54. The first-order chi connectivity index (χ1) is 7.58. The molecule has 94 valence electrons. The molecular formula is C11H22N2O2S. The van der Waals surface area contributed by atoms with Crippen LogP contribution >= 0.6 is 12.2 Å². The molecule has 4 nitrogen and oxygen atoms in total. The largest absolute Gasteiger partial charge is 0.385 e. The van der Waals surface area contributed by atoms with Crippen LogP contribution < -0.4 is 10.6 Å². The SMILES string of the molecule is COCCCNC(=S)NC1(C)CCOC1C. The zero-order valence-corrected chi connectivity index (χ0v) is 11.2. The number of hydrogen-bond acceptors (Lipinski definition) is 3. The third-order valence-corrected chi connectivity index (χ3v) is 3.34. The first kappa shape index (κ1) is 13.7. The van der Waals surface area contributed by atoms with Crippen molar-refractivity contribution in [2.45, 2.75) is 38.3 Å². The molecule has 0 aromatic carbocycles. The second-order valence-electron chi connectivity index (χ2n) is 4.41. The van der Waals surface area contributed by atoms with Crippen LogP contribution in [0.5, 0.6) is 0 Å². The van der Waals surface area contributed by atoms with Crippen LogP contribution in [0.4, 0.5) is 0 Å². The van der Waals surface area contributed by atoms with E-state index in [2.05, 4.69) is 24.5 Å². The van der Waals surface area contributed by atoms with Crippen LogP contribution in [-0.4, -0.2) is 43.6 Å². The van der Waals surface area contributed by atoms with Crippen molar-refractivity contribution in [2.24, 2.45) is 0 Å². The van der Waals surface area contributed by atoms with Gasteiger partial charge in [-0.3, -0.25) is 0 Å². The molecule has 2 atom stereocenters. The molecule has 0 saturated carbocycles. The fraction of sp³-hybridized carbons (Fsp3) is 0.909. The van der Waals surface area contributed by atoms with E-state index in [0.29, 0.717) is 5.11 Å². The van der Waals surface area contributed by atoms with Crippen molar-refractivity contribution < 1.29 is 9.47 Å². The molecule has 1 saturated heterocycles. The molecule has 1 rings (SSSR count). The van der Waals surface area contributed by atoms with E-state index in [1.165, 1.54) is 0 Å². The molecule has 2 unspecified atom stereocenters. The lowest BCUT2D eigenvalue weighted by atomic mass is 9.95. The summed E-state index contributed by atoms with van der Waals surface area (Å²) in [6, 6.07) is 0. The Morgan fingerprint density at radius 2 is 2.38 bits per heavy atom. The highest BCUT2D eigenvalue weighted by Gasteiger charge is 2.37. The summed E-state index contributed by atoms with van der Waals surface area (Å²) in [7, 11) is 1.70. The van der Waals surface area contributed by atoms with E-state index >= 15 is 0 Å². The van der Waals surface area contributed by atoms with E-state index in [4.69, 9.17) is 21.7 Å². The molecule has 5 heteroatoms. The van der Waals surface area contributed by atoms with Gasteiger partial charge in [0.05, 0.1) is 11.6 Å². The van der Waals surface area contributed by atoms with Gasteiger partial charge in [0.25, 0.3) is 0 Å². The molecule has 1 aliphatic heterocycles. The Morgan fingerprint density at radius 3 is 2.94 bits per heavy atom. The van der Waals surface area contributed by atoms with Gasteiger partial charge in [-0.2, -0.15) is 0 Å². The number of rotatable bonds is 5. The molecule has 2 N–H and O–H groups in total. The number of ether oxygens (including phenoxy) is 2. The molecule has 0 spiro atoms. The highest BCUT2D eigenvalue weighted by Crippen LogP contribution is 2.24. The Morgan fingerprint density at radius 1 is 1.62 bits per heavy atom. The van der Waals surface area contributed by atoms with Crippen molar-refractivity contribution in [2.75, 3.05) is 26.9 Å². The molecule has 0 radical (unpaired) electrons. The summed E-state index contributed by atoms with van der Waals surface area (Å²) in [6.45, 7) is 6.62. The van der Waals surface area contributed by atoms with Crippen LogP contribution in [0.3, 0.4) is 0 Å². The van der Waals surface area contributed by atoms with E-state index in [1.807, 2.05) is 0 Å². The first-order valence-electron chi connectivity index (χ1n) is 5.75. The lowest BCUT2D eigenvalue weighted by Gasteiger charge is -2.30. The van der Waals surface area contributed by atoms with Crippen LogP contribution in [0.1, 0.15) is 26.7 Å². The van der Waals surface area contributed by atoms with E-state index in [0.717, 1.165) is 32.6 Å². The lowest BCUT2D eigenvalue weighted by Crippen LogP contribution is -2.53. The zero-order valence-electron chi connectivity index (χ0n) is 10.3. The van der Waals surface area contributed by atoms with Gasteiger partial charge in [0.1, 0.15) is 0 Å². The third-order valence-electron chi connectivity index (χ3n) is 3.10. The van der Waals surface area contributed by atoms with Gasteiger partial charge < -0.3 is 20.1 Å².